The van der Waals surface area contributed by atoms with E-state index in [4.69, 9.17) is 16.9 Å². The highest BCUT2D eigenvalue weighted by molar-refractivity contribution is 5.86. The van der Waals surface area contributed by atoms with E-state index in [0.717, 1.165) is 36.0 Å². The van der Waals surface area contributed by atoms with Crippen LogP contribution in [-0.2, 0) is 0 Å². The summed E-state index contributed by atoms with van der Waals surface area (Å²) >= 11 is 0. The number of nitrogens with one attached hydrogen (secondary N) is 1. The van der Waals surface area contributed by atoms with Gasteiger partial charge in [-0.3, -0.25) is 0 Å². The molecule has 3 rings (SSSR count). The lowest BCUT2D eigenvalue weighted by Crippen LogP contribution is -2.11. The van der Waals surface area contributed by atoms with Crippen LogP contribution < -0.4 is 11.5 Å². The van der Waals surface area contributed by atoms with Gasteiger partial charge in [0.1, 0.15) is 17.8 Å². The van der Waals surface area contributed by atoms with Crippen LogP contribution in [0, 0.1) is 11.3 Å². The highest BCUT2D eigenvalue weighted by Gasteiger charge is 2.28. The van der Waals surface area contributed by atoms with Crippen LogP contribution >= 0.6 is 0 Å². The minimum absolute atomic E-state index is 0.346. The molecule has 0 aliphatic heterocycles. The van der Waals surface area contributed by atoms with Gasteiger partial charge in [0.05, 0.1) is 5.39 Å². The lowest BCUT2D eigenvalue weighted by Gasteiger charge is -2.14. The lowest BCUT2D eigenvalue weighted by molar-refractivity contribution is 0.511. The van der Waals surface area contributed by atoms with E-state index < -0.39 is 0 Å². The van der Waals surface area contributed by atoms with Crippen molar-refractivity contribution in [3.8, 4) is 0 Å². The molecule has 1 saturated carbocycles. The number of nitrogen functional groups attached to an aromatic ring is 1. The third-order valence-electron chi connectivity index (χ3n) is 4.09. The van der Waals surface area contributed by atoms with Gasteiger partial charge < -0.3 is 21.4 Å². The van der Waals surface area contributed by atoms with E-state index in [2.05, 4.69) is 14.5 Å². The molecule has 0 radical (unpaired) electrons. The molecule has 2 aromatic heterocycles. The zero-order valence-electron chi connectivity index (χ0n) is 11.2. The Bertz CT molecular complexity index is 671. The molecule has 2 aromatic rings. The normalized spacial score (nSPS) is 23.3. The summed E-state index contributed by atoms with van der Waals surface area (Å²) in [6.07, 6.45) is 9.54. The Balaban J connectivity index is 1.88. The fourth-order valence-electron chi connectivity index (χ4n) is 3.03. The van der Waals surface area contributed by atoms with Gasteiger partial charge in [-0.15, -0.1) is 0 Å². The first-order valence-electron chi connectivity index (χ1n) is 6.74. The summed E-state index contributed by atoms with van der Waals surface area (Å²) in [6, 6.07) is 2.35. The smallest absolute Gasteiger partial charge is 0.145 e. The van der Waals surface area contributed by atoms with Gasteiger partial charge in [-0.2, -0.15) is 0 Å². The summed E-state index contributed by atoms with van der Waals surface area (Å²) in [4.78, 5) is 8.36. The largest absolute Gasteiger partial charge is 0.402 e. The van der Waals surface area contributed by atoms with Crippen molar-refractivity contribution in [1.82, 2.24) is 14.5 Å². The summed E-state index contributed by atoms with van der Waals surface area (Å²) in [6.45, 7) is 0. The second-order valence-electron chi connectivity index (χ2n) is 5.22. The van der Waals surface area contributed by atoms with E-state index in [1.165, 1.54) is 12.5 Å². The Morgan fingerprint density at radius 1 is 1.40 bits per heavy atom. The van der Waals surface area contributed by atoms with Gasteiger partial charge in [0.15, 0.2) is 0 Å². The van der Waals surface area contributed by atoms with E-state index in [-0.39, 0.29) is 0 Å². The van der Waals surface area contributed by atoms with Gasteiger partial charge in [0, 0.05) is 30.1 Å². The highest BCUT2D eigenvalue weighted by atomic mass is 15.1. The predicted molar refractivity (Wildman–Crippen MR) is 79.4 cm³/mol. The first-order chi connectivity index (χ1) is 9.70. The minimum Gasteiger partial charge on any atom is -0.402 e. The highest BCUT2D eigenvalue weighted by Crippen LogP contribution is 2.38. The number of rotatable bonds is 3. The molecule has 2 heterocycles. The molecule has 0 saturated heterocycles. The van der Waals surface area contributed by atoms with Gasteiger partial charge in [0.25, 0.3) is 0 Å². The van der Waals surface area contributed by atoms with Gasteiger partial charge in [-0.1, -0.05) is 0 Å². The number of nitrogens with two attached hydrogens (primary N) is 2. The number of hydrogen-bond donors (Lipinski definition) is 3. The molecule has 2 atom stereocenters. The second-order valence-corrected chi connectivity index (χ2v) is 5.22. The first-order valence-corrected chi connectivity index (χ1v) is 6.74. The van der Waals surface area contributed by atoms with Crippen LogP contribution in [0.1, 0.15) is 25.3 Å². The zero-order valence-corrected chi connectivity index (χ0v) is 11.2. The van der Waals surface area contributed by atoms with Crippen LogP contribution in [0.15, 0.2) is 30.4 Å². The third-order valence-corrected chi connectivity index (χ3v) is 4.09. The topological polar surface area (TPSA) is 107 Å². The molecule has 0 spiro atoms. The fraction of sp³-hybridized carbons (Fsp3) is 0.357. The Morgan fingerprint density at radius 3 is 3.05 bits per heavy atom. The van der Waals surface area contributed by atoms with E-state index >= 15 is 0 Å². The van der Waals surface area contributed by atoms with Crippen LogP contribution in [0.25, 0.3) is 11.0 Å². The molecule has 1 fully saturated rings. The van der Waals surface area contributed by atoms with Crippen LogP contribution in [0.3, 0.4) is 0 Å². The second kappa shape index (κ2) is 4.96. The predicted octanol–water partition coefficient (Wildman–Crippen LogP) is 1.85. The van der Waals surface area contributed by atoms with Crippen molar-refractivity contribution in [2.24, 2.45) is 11.7 Å². The summed E-state index contributed by atoms with van der Waals surface area (Å²) in [5.41, 5.74) is 13.5. The number of fused-ring (bicyclic) bond motifs is 1. The summed E-state index contributed by atoms with van der Waals surface area (Å²) in [7, 11) is 0. The number of aromatic nitrogens is 3. The summed E-state index contributed by atoms with van der Waals surface area (Å²) < 4.78 is 2.17. The van der Waals surface area contributed by atoms with E-state index in [0.29, 0.717) is 17.8 Å². The standard InChI is InChI=1S/C14H18N6/c15-5-3-12(16)9-1-2-10(7-9)20-6-4-11-13(17)18-8-19-14(11)20/h3-6,8-10,15H,1-2,7,16H2,(H2,17,18,19)/b12-3-,15-5?. The van der Waals surface area contributed by atoms with Crippen molar-refractivity contribution in [3.05, 3.63) is 30.4 Å². The van der Waals surface area contributed by atoms with Gasteiger partial charge >= 0.3 is 0 Å². The Morgan fingerprint density at radius 2 is 2.25 bits per heavy atom. The summed E-state index contributed by atoms with van der Waals surface area (Å²) in [5, 5.41) is 8.00. The average molecular weight is 270 g/mol. The van der Waals surface area contributed by atoms with Crippen molar-refractivity contribution in [3.63, 3.8) is 0 Å². The molecule has 1 aliphatic carbocycles. The summed E-state index contributed by atoms with van der Waals surface area (Å²) in [5.74, 6) is 0.866. The molecule has 2 unspecified atom stereocenters. The van der Waals surface area contributed by atoms with Crippen molar-refractivity contribution >= 4 is 23.1 Å². The lowest BCUT2D eigenvalue weighted by atomic mass is 10.0. The molecular weight excluding hydrogens is 252 g/mol. The minimum atomic E-state index is 0.346. The monoisotopic (exact) mass is 270 g/mol. The molecule has 6 nitrogen and oxygen atoms in total. The van der Waals surface area contributed by atoms with Crippen LogP contribution in [0.2, 0.25) is 0 Å². The van der Waals surface area contributed by atoms with Crippen molar-refractivity contribution < 1.29 is 0 Å². The fourth-order valence-corrected chi connectivity index (χ4v) is 3.03. The number of anilines is 1. The quantitative estimate of drug-likeness (QED) is 0.740. The molecule has 0 amide bonds. The maximum atomic E-state index is 7.10. The van der Waals surface area contributed by atoms with Crippen molar-refractivity contribution in [1.29, 1.82) is 5.41 Å². The van der Waals surface area contributed by atoms with Gasteiger partial charge in [-0.05, 0) is 31.4 Å². The molecular formula is C14H18N6. The first kappa shape index (κ1) is 12.7. The Hall–Kier alpha value is -2.37. The molecule has 6 heteroatoms. The maximum absolute atomic E-state index is 7.10. The molecule has 0 aromatic carbocycles. The van der Waals surface area contributed by atoms with E-state index in [1.807, 2.05) is 12.3 Å². The third kappa shape index (κ3) is 2.03. The molecule has 0 bridgehead atoms. The molecule has 1 aliphatic rings. The van der Waals surface area contributed by atoms with Crippen LogP contribution in [0.4, 0.5) is 5.82 Å². The Labute approximate surface area is 117 Å². The van der Waals surface area contributed by atoms with Gasteiger partial charge in [-0.25, -0.2) is 9.97 Å². The maximum Gasteiger partial charge on any atom is 0.145 e. The Kier molecular flexibility index (Phi) is 3.14. The molecule has 104 valence electrons. The number of allylic oxidation sites excluding steroid dienone is 2. The van der Waals surface area contributed by atoms with E-state index in [9.17, 15) is 0 Å². The van der Waals surface area contributed by atoms with Crippen molar-refractivity contribution in [2.45, 2.75) is 25.3 Å². The van der Waals surface area contributed by atoms with Crippen molar-refractivity contribution in [2.75, 3.05) is 5.73 Å². The van der Waals surface area contributed by atoms with E-state index in [1.54, 1.807) is 6.08 Å². The zero-order chi connectivity index (χ0) is 14.1. The van der Waals surface area contributed by atoms with Crippen LogP contribution in [-0.4, -0.2) is 20.7 Å². The molecule has 5 N–H and O–H groups in total. The van der Waals surface area contributed by atoms with Gasteiger partial charge in [0.2, 0.25) is 0 Å². The van der Waals surface area contributed by atoms with Crippen LogP contribution in [0.5, 0.6) is 0 Å². The SMILES string of the molecule is N=C/C=C(\N)C1CCC(n2ccc3c(N)ncnc32)C1. The number of hydrogen-bond acceptors (Lipinski definition) is 5. The molecule has 20 heavy (non-hydrogen) atoms. The average Bonchev–Trinajstić information content (AvgIpc) is 3.05. The number of nitrogens with zero attached hydrogens (tertiary/aromatic N) is 3.